The van der Waals surface area contributed by atoms with Crippen molar-refractivity contribution in [2.45, 2.75) is 31.7 Å². The second-order valence-electron chi connectivity index (χ2n) is 4.87. The Morgan fingerprint density at radius 3 is 2.74 bits per heavy atom. The average molecular weight is 394 g/mol. The summed E-state index contributed by atoms with van der Waals surface area (Å²) in [5, 5.41) is 3.38. The molecule has 106 valence electrons. The molecule has 1 fully saturated rings. The van der Waals surface area contributed by atoms with Crippen molar-refractivity contribution < 1.29 is 8.42 Å². The van der Waals surface area contributed by atoms with Gasteiger partial charge in [0.25, 0.3) is 0 Å². The molecule has 0 aromatic heterocycles. The van der Waals surface area contributed by atoms with Crippen molar-refractivity contribution in [2.75, 3.05) is 17.0 Å². The number of nitrogens with one attached hydrogen (secondary N) is 2. The van der Waals surface area contributed by atoms with Crippen LogP contribution in [0.2, 0.25) is 0 Å². The second-order valence-corrected chi connectivity index (χ2v) is 7.95. The quantitative estimate of drug-likeness (QED) is 0.527. The van der Waals surface area contributed by atoms with Crippen molar-refractivity contribution in [3.63, 3.8) is 0 Å². The third-order valence-electron chi connectivity index (χ3n) is 2.95. The number of unbranched alkanes of at least 4 members (excludes halogenated alkanes) is 1. The van der Waals surface area contributed by atoms with Crippen molar-refractivity contribution in [1.29, 1.82) is 0 Å². The van der Waals surface area contributed by atoms with Crippen molar-refractivity contribution >= 4 is 38.3 Å². The van der Waals surface area contributed by atoms with E-state index in [2.05, 4.69) is 32.6 Å². The fraction of sp³-hybridized carbons (Fsp3) is 0.538. The molecule has 0 spiro atoms. The molecule has 1 aliphatic rings. The molecule has 4 nitrogen and oxygen atoms in total. The van der Waals surface area contributed by atoms with Crippen molar-refractivity contribution in [3.8, 4) is 0 Å². The summed E-state index contributed by atoms with van der Waals surface area (Å²) in [4.78, 5) is 0. The van der Waals surface area contributed by atoms with E-state index in [0.29, 0.717) is 18.2 Å². The fourth-order valence-corrected chi connectivity index (χ4v) is 3.51. The van der Waals surface area contributed by atoms with Gasteiger partial charge in [0.05, 0.1) is 5.75 Å². The van der Waals surface area contributed by atoms with Crippen molar-refractivity contribution in [2.24, 2.45) is 0 Å². The lowest BCUT2D eigenvalue weighted by Crippen LogP contribution is -2.20. The molecule has 1 saturated carbocycles. The SMILES string of the molecule is O=S(=O)(CCCCNC1CC1)Nc1cccc(I)c1. The molecule has 6 heteroatoms. The summed E-state index contributed by atoms with van der Waals surface area (Å²) in [6, 6.07) is 8.07. The summed E-state index contributed by atoms with van der Waals surface area (Å²) in [7, 11) is -3.22. The highest BCUT2D eigenvalue weighted by molar-refractivity contribution is 14.1. The third-order valence-corrected chi connectivity index (χ3v) is 4.99. The molecular weight excluding hydrogens is 375 g/mol. The summed E-state index contributed by atoms with van der Waals surface area (Å²) in [6.07, 6.45) is 4.14. The van der Waals surface area contributed by atoms with Crippen LogP contribution in [0, 0.1) is 3.57 Å². The van der Waals surface area contributed by atoms with Crippen LogP contribution in [0.25, 0.3) is 0 Å². The molecule has 1 aromatic rings. The summed E-state index contributed by atoms with van der Waals surface area (Å²) in [5.41, 5.74) is 0.642. The van der Waals surface area contributed by atoms with E-state index in [4.69, 9.17) is 0 Å². The summed E-state index contributed by atoms with van der Waals surface area (Å²) in [6.45, 7) is 0.920. The van der Waals surface area contributed by atoms with Crippen LogP contribution in [0.4, 0.5) is 5.69 Å². The van der Waals surface area contributed by atoms with E-state index >= 15 is 0 Å². The van der Waals surface area contributed by atoms with Crippen molar-refractivity contribution in [3.05, 3.63) is 27.8 Å². The van der Waals surface area contributed by atoms with Gasteiger partial charge < -0.3 is 5.32 Å². The molecule has 0 heterocycles. The molecule has 0 unspecified atom stereocenters. The highest BCUT2D eigenvalue weighted by Gasteiger charge is 2.19. The Labute approximate surface area is 128 Å². The Bertz CT molecular complexity index is 515. The Morgan fingerprint density at radius 2 is 2.05 bits per heavy atom. The molecule has 0 saturated heterocycles. The van der Waals surface area contributed by atoms with Crippen LogP contribution in [-0.4, -0.2) is 26.8 Å². The first-order chi connectivity index (χ1) is 9.05. The maximum absolute atomic E-state index is 11.9. The topological polar surface area (TPSA) is 58.2 Å². The molecule has 0 bridgehead atoms. The van der Waals surface area contributed by atoms with Crippen LogP contribution in [-0.2, 0) is 10.0 Å². The lowest BCUT2D eigenvalue weighted by molar-refractivity contribution is 0.591. The Hall–Kier alpha value is -0.340. The van der Waals surface area contributed by atoms with Gasteiger partial charge in [0.2, 0.25) is 10.0 Å². The molecule has 19 heavy (non-hydrogen) atoms. The van der Waals surface area contributed by atoms with E-state index in [1.165, 1.54) is 12.8 Å². The number of anilines is 1. The molecule has 0 radical (unpaired) electrons. The number of sulfonamides is 1. The van der Waals surface area contributed by atoms with Crippen molar-refractivity contribution in [1.82, 2.24) is 5.32 Å². The van der Waals surface area contributed by atoms with Gasteiger partial charge in [-0.05, 0) is 73.0 Å². The zero-order valence-corrected chi connectivity index (χ0v) is 13.7. The maximum atomic E-state index is 11.9. The van der Waals surface area contributed by atoms with Gasteiger partial charge in [-0.15, -0.1) is 0 Å². The third kappa shape index (κ3) is 6.09. The van der Waals surface area contributed by atoms with Crippen LogP contribution in [0.15, 0.2) is 24.3 Å². The molecule has 1 aliphatic carbocycles. The minimum Gasteiger partial charge on any atom is -0.314 e. The lowest BCUT2D eigenvalue weighted by atomic mass is 10.3. The summed E-state index contributed by atoms with van der Waals surface area (Å²) in [5.74, 6) is 0.185. The zero-order valence-electron chi connectivity index (χ0n) is 10.7. The van der Waals surface area contributed by atoms with Crippen LogP contribution < -0.4 is 10.0 Å². The number of hydrogen-bond donors (Lipinski definition) is 2. The molecule has 1 aromatic carbocycles. The fourth-order valence-electron chi connectivity index (χ4n) is 1.79. The Balaban J connectivity index is 1.71. The largest absolute Gasteiger partial charge is 0.314 e. The highest BCUT2D eigenvalue weighted by atomic mass is 127. The van der Waals surface area contributed by atoms with Crippen LogP contribution in [0.5, 0.6) is 0 Å². The van der Waals surface area contributed by atoms with E-state index in [-0.39, 0.29) is 5.75 Å². The van der Waals surface area contributed by atoms with Crippen LogP contribution in [0.3, 0.4) is 0 Å². The maximum Gasteiger partial charge on any atom is 0.232 e. The minimum atomic E-state index is -3.22. The standard InChI is InChI=1S/C13H19IN2O2S/c14-11-4-3-5-13(10-11)16-19(17,18)9-2-1-8-15-12-6-7-12/h3-5,10,12,15-16H,1-2,6-9H2. The first kappa shape index (κ1) is 15.1. The molecule has 0 amide bonds. The molecule has 0 aliphatic heterocycles. The highest BCUT2D eigenvalue weighted by Crippen LogP contribution is 2.18. The van der Waals surface area contributed by atoms with Gasteiger partial charge in [-0.1, -0.05) is 6.07 Å². The first-order valence-electron chi connectivity index (χ1n) is 6.55. The molecule has 2 rings (SSSR count). The lowest BCUT2D eigenvalue weighted by Gasteiger charge is -2.08. The zero-order chi connectivity index (χ0) is 13.7. The number of hydrogen-bond acceptors (Lipinski definition) is 3. The predicted molar refractivity (Wildman–Crippen MR) is 86.8 cm³/mol. The number of halogens is 1. The van der Waals surface area contributed by atoms with Gasteiger partial charge in [-0.2, -0.15) is 0 Å². The summed E-state index contributed by atoms with van der Waals surface area (Å²) < 4.78 is 27.4. The van der Waals surface area contributed by atoms with Gasteiger partial charge in [0.1, 0.15) is 0 Å². The first-order valence-corrected chi connectivity index (χ1v) is 9.28. The predicted octanol–water partition coefficient (Wildman–Crippen LogP) is 2.57. The van der Waals surface area contributed by atoms with Gasteiger partial charge in [-0.25, -0.2) is 8.42 Å². The van der Waals surface area contributed by atoms with Gasteiger partial charge in [0.15, 0.2) is 0 Å². The van der Waals surface area contributed by atoms with E-state index < -0.39 is 10.0 Å². The van der Waals surface area contributed by atoms with E-state index in [1.807, 2.05) is 18.2 Å². The molecule has 2 N–H and O–H groups in total. The Morgan fingerprint density at radius 1 is 1.26 bits per heavy atom. The number of rotatable bonds is 8. The second kappa shape index (κ2) is 6.90. The number of benzene rings is 1. The van der Waals surface area contributed by atoms with Crippen LogP contribution in [0.1, 0.15) is 25.7 Å². The van der Waals surface area contributed by atoms with E-state index in [0.717, 1.165) is 16.5 Å². The summed E-state index contributed by atoms with van der Waals surface area (Å²) >= 11 is 2.17. The molecule has 0 atom stereocenters. The van der Waals surface area contributed by atoms with Crippen LogP contribution >= 0.6 is 22.6 Å². The smallest absolute Gasteiger partial charge is 0.232 e. The van der Waals surface area contributed by atoms with Gasteiger partial charge in [0, 0.05) is 15.3 Å². The molecular formula is C13H19IN2O2S. The Kier molecular flexibility index (Phi) is 5.47. The van der Waals surface area contributed by atoms with E-state index in [1.54, 1.807) is 6.07 Å². The van der Waals surface area contributed by atoms with Gasteiger partial charge >= 0.3 is 0 Å². The minimum absolute atomic E-state index is 0.185. The normalized spacial score (nSPS) is 15.4. The monoisotopic (exact) mass is 394 g/mol. The van der Waals surface area contributed by atoms with E-state index in [9.17, 15) is 8.42 Å². The average Bonchev–Trinajstić information content (AvgIpc) is 3.11. The van der Waals surface area contributed by atoms with Gasteiger partial charge in [-0.3, -0.25) is 4.72 Å².